The normalized spacial score (nSPS) is 16.7. The predicted octanol–water partition coefficient (Wildman–Crippen LogP) is 0.638. The van der Waals surface area contributed by atoms with E-state index >= 15 is 0 Å². The van der Waals surface area contributed by atoms with Crippen LogP contribution in [-0.2, 0) is 16.1 Å². The predicted molar refractivity (Wildman–Crippen MR) is 83.6 cm³/mol. The zero-order valence-electron chi connectivity index (χ0n) is 12.6. The third-order valence-corrected chi connectivity index (χ3v) is 4.36. The molecule has 2 N–H and O–H groups in total. The maximum Gasteiger partial charge on any atom is 0.325 e. The van der Waals surface area contributed by atoms with Gasteiger partial charge < -0.3 is 10.2 Å². The lowest BCUT2D eigenvalue weighted by molar-refractivity contribution is -0.127. The minimum Gasteiger partial charge on any atom is -0.350 e. The van der Waals surface area contributed by atoms with E-state index in [-0.39, 0.29) is 12.5 Å². The van der Waals surface area contributed by atoms with E-state index in [1.54, 1.807) is 13.8 Å². The monoisotopic (exact) mass is 333 g/mol. The fraction of sp³-hybridized carbons (Fsp3) is 0.357. The number of carbonyl (C=O) groups is 3. The number of carbonyl (C=O) groups excluding carboxylic acids is 3. The molecule has 23 heavy (non-hydrogen) atoms. The van der Waals surface area contributed by atoms with E-state index in [1.807, 2.05) is 18.2 Å². The molecule has 0 saturated carbocycles. The van der Waals surface area contributed by atoms with E-state index in [9.17, 15) is 14.4 Å². The van der Waals surface area contributed by atoms with Crippen LogP contribution < -0.4 is 10.6 Å². The Morgan fingerprint density at radius 2 is 2.04 bits per heavy atom. The average Bonchev–Trinajstić information content (AvgIpc) is 3.03. The van der Waals surface area contributed by atoms with E-state index in [0.717, 1.165) is 28.3 Å². The van der Waals surface area contributed by atoms with Gasteiger partial charge in [0.2, 0.25) is 5.91 Å². The van der Waals surface area contributed by atoms with Crippen LogP contribution in [0.25, 0.3) is 11.0 Å². The van der Waals surface area contributed by atoms with Crippen LogP contribution in [0.2, 0.25) is 0 Å². The van der Waals surface area contributed by atoms with Crippen molar-refractivity contribution in [2.75, 3.05) is 6.54 Å². The van der Waals surface area contributed by atoms with Crippen molar-refractivity contribution < 1.29 is 14.4 Å². The van der Waals surface area contributed by atoms with E-state index in [4.69, 9.17) is 0 Å². The van der Waals surface area contributed by atoms with Gasteiger partial charge in [-0.05, 0) is 31.5 Å². The van der Waals surface area contributed by atoms with Gasteiger partial charge in [0.15, 0.2) is 0 Å². The SMILES string of the molecule is CC1(C)C(=O)NC(=O)N1CC(=O)NCc1ccc2nsnc2c1. The number of urea groups is 1. The average molecular weight is 333 g/mol. The Bertz CT molecular complexity index is 801. The Hall–Kier alpha value is -2.55. The molecule has 0 spiro atoms. The van der Waals surface area contributed by atoms with Crippen LogP contribution in [-0.4, -0.2) is 43.6 Å². The molecule has 0 radical (unpaired) electrons. The highest BCUT2D eigenvalue weighted by atomic mass is 32.1. The van der Waals surface area contributed by atoms with Crippen molar-refractivity contribution in [3.63, 3.8) is 0 Å². The van der Waals surface area contributed by atoms with Gasteiger partial charge in [0.25, 0.3) is 5.91 Å². The zero-order chi connectivity index (χ0) is 16.6. The van der Waals surface area contributed by atoms with Crippen molar-refractivity contribution in [2.24, 2.45) is 0 Å². The summed E-state index contributed by atoms with van der Waals surface area (Å²) in [7, 11) is 0. The summed E-state index contributed by atoms with van der Waals surface area (Å²) in [6.45, 7) is 3.34. The minimum atomic E-state index is -1.03. The number of hydrogen-bond acceptors (Lipinski definition) is 6. The van der Waals surface area contributed by atoms with E-state index < -0.39 is 17.5 Å². The minimum absolute atomic E-state index is 0.176. The molecule has 9 heteroatoms. The van der Waals surface area contributed by atoms with Crippen LogP contribution in [0.4, 0.5) is 4.79 Å². The molecule has 0 unspecified atom stereocenters. The summed E-state index contributed by atoms with van der Waals surface area (Å²) in [5.74, 6) is -0.740. The maximum absolute atomic E-state index is 12.1. The summed E-state index contributed by atoms with van der Waals surface area (Å²) < 4.78 is 8.26. The van der Waals surface area contributed by atoms with Gasteiger partial charge in [-0.1, -0.05) is 6.07 Å². The summed E-state index contributed by atoms with van der Waals surface area (Å²) >= 11 is 1.14. The molecular formula is C14H15N5O3S. The molecule has 120 valence electrons. The lowest BCUT2D eigenvalue weighted by Crippen LogP contribution is -2.48. The Morgan fingerprint density at radius 1 is 1.30 bits per heavy atom. The van der Waals surface area contributed by atoms with E-state index in [2.05, 4.69) is 19.4 Å². The number of nitrogens with one attached hydrogen (secondary N) is 2. The second kappa shape index (κ2) is 5.58. The van der Waals surface area contributed by atoms with E-state index in [0.29, 0.717) is 6.54 Å². The summed E-state index contributed by atoms with van der Waals surface area (Å²) in [5.41, 5.74) is 1.46. The molecule has 1 fully saturated rings. The van der Waals surface area contributed by atoms with Gasteiger partial charge in [-0.2, -0.15) is 8.75 Å². The van der Waals surface area contributed by atoms with Crippen LogP contribution in [0.5, 0.6) is 0 Å². The molecule has 3 rings (SSSR count). The van der Waals surface area contributed by atoms with Crippen molar-refractivity contribution >= 4 is 40.6 Å². The molecule has 1 saturated heterocycles. The molecule has 1 aromatic carbocycles. The van der Waals surface area contributed by atoms with Crippen LogP contribution in [0.1, 0.15) is 19.4 Å². The van der Waals surface area contributed by atoms with Crippen LogP contribution in [0, 0.1) is 0 Å². The number of benzene rings is 1. The lowest BCUT2D eigenvalue weighted by Gasteiger charge is -2.27. The molecule has 1 aliphatic heterocycles. The summed E-state index contributed by atoms with van der Waals surface area (Å²) in [5, 5.41) is 4.95. The number of amides is 4. The zero-order valence-corrected chi connectivity index (χ0v) is 13.4. The van der Waals surface area contributed by atoms with Crippen LogP contribution in [0.3, 0.4) is 0 Å². The standard InChI is InChI=1S/C14H15N5O3S/c1-14(2)12(21)16-13(22)19(14)7-11(20)15-6-8-3-4-9-10(5-8)18-23-17-9/h3-5H,6-7H2,1-2H3,(H,15,20)(H,16,21,22). The smallest absolute Gasteiger partial charge is 0.325 e. The highest BCUT2D eigenvalue weighted by molar-refractivity contribution is 7.00. The van der Waals surface area contributed by atoms with E-state index in [1.165, 1.54) is 4.90 Å². The van der Waals surface area contributed by atoms with Gasteiger partial charge >= 0.3 is 6.03 Å². The third kappa shape index (κ3) is 2.87. The molecule has 2 heterocycles. The van der Waals surface area contributed by atoms with Crippen molar-refractivity contribution in [3.8, 4) is 0 Å². The Balaban J connectivity index is 1.61. The summed E-state index contributed by atoms with van der Waals surface area (Å²) in [4.78, 5) is 36.7. The van der Waals surface area contributed by atoms with Gasteiger partial charge in [-0.3, -0.25) is 14.9 Å². The molecule has 0 bridgehead atoms. The number of nitrogens with zero attached hydrogens (tertiary/aromatic N) is 3. The van der Waals surface area contributed by atoms with Crippen molar-refractivity contribution in [1.29, 1.82) is 0 Å². The lowest BCUT2D eigenvalue weighted by atomic mass is 10.0. The quantitative estimate of drug-likeness (QED) is 0.799. The molecule has 1 aromatic heterocycles. The van der Waals surface area contributed by atoms with Gasteiger partial charge in [-0.15, -0.1) is 0 Å². The van der Waals surface area contributed by atoms with Gasteiger partial charge in [0, 0.05) is 6.54 Å². The largest absolute Gasteiger partial charge is 0.350 e. The second-order valence-electron chi connectivity index (χ2n) is 5.77. The fourth-order valence-electron chi connectivity index (χ4n) is 2.30. The Kier molecular flexibility index (Phi) is 3.72. The number of rotatable bonds is 4. The molecule has 2 aromatic rings. The molecular weight excluding hydrogens is 318 g/mol. The maximum atomic E-state index is 12.1. The first-order valence-corrected chi connectivity index (χ1v) is 7.72. The van der Waals surface area contributed by atoms with Gasteiger partial charge in [0.1, 0.15) is 23.1 Å². The molecule has 1 aliphatic rings. The molecule has 0 aliphatic carbocycles. The van der Waals surface area contributed by atoms with Crippen LogP contribution in [0.15, 0.2) is 18.2 Å². The summed E-state index contributed by atoms with van der Waals surface area (Å²) in [6.07, 6.45) is 0. The van der Waals surface area contributed by atoms with Crippen molar-refractivity contribution in [1.82, 2.24) is 24.3 Å². The van der Waals surface area contributed by atoms with Gasteiger partial charge in [-0.25, -0.2) is 4.79 Å². The highest BCUT2D eigenvalue weighted by Gasteiger charge is 2.46. The Labute approximate surface area is 136 Å². The molecule has 4 amide bonds. The number of aromatic nitrogens is 2. The third-order valence-electron chi connectivity index (χ3n) is 3.81. The fourth-order valence-corrected chi connectivity index (χ4v) is 2.82. The first-order valence-electron chi connectivity index (χ1n) is 6.99. The summed E-state index contributed by atoms with van der Waals surface area (Å²) in [6, 6.07) is 5.01. The van der Waals surface area contributed by atoms with Crippen molar-refractivity contribution in [2.45, 2.75) is 25.9 Å². The number of fused-ring (bicyclic) bond motifs is 1. The first-order chi connectivity index (χ1) is 10.9. The number of hydrogen-bond donors (Lipinski definition) is 2. The molecule has 8 nitrogen and oxygen atoms in total. The number of imide groups is 1. The second-order valence-corrected chi connectivity index (χ2v) is 6.30. The topological polar surface area (TPSA) is 104 Å². The van der Waals surface area contributed by atoms with Gasteiger partial charge in [0.05, 0.1) is 11.7 Å². The van der Waals surface area contributed by atoms with Crippen molar-refractivity contribution in [3.05, 3.63) is 23.8 Å². The highest BCUT2D eigenvalue weighted by Crippen LogP contribution is 2.20. The molecule has 0 atom stereocenters. The Morgan fingerprint density at radius 3 is 2.74 bits per heavy atom. The van der Waals surface area contributed by atoms with Crippen LogP contribution >= 0.6 is 11.7 Å². The first kappa shape index (κ1) is 15.3.